The SMILES string of the molecule is CC1(C)O[C@@H]2[C@H](O1)[C@@H](COCC#Cc1ccc(F)c(/C=N\O)n1)O[C@H]2n1cnc2c(NC(=O)c3ccccc3)ncnc21. The second-order valence-electron chi connectivity index (χ2n) is 10.1. The van der Waals surface area contributed by atoms with Gasteiger partial charge in [-0.15, -0.1) is 0 Å². The van der Waals surface area contributed by atoms with Crippen molar-refractivity contribution in [3.05, 3.63) is 77.9 Å². The largest absolute Gasteiger partial charge is 0.411 e. The van der Waals surface area contributed by atoms with Gasteiger partial charge in [-0.2, -0.15) is 0 Å². The standard InChI is InChI=1S/C29H26FN7O6/c1-29(2)42-23-21(14-40-12-6-9-18-10-11-19(30)20(35-18)13-34-39)41-28(24(23)43-29)37-16-33-22-25(31-15-32-26(22)37)36-27(38)17-7-4-3-5-8-17/h3-5,7-8,10-11,13,15-16,21,23-24,28,39H,12,14H2,1-2H3,(H,31,32,36,38)/b34-13-/t21-,23-,24-,28-/m1/s1. The Bertz CT molecular complexity index is 1740. The lowest BCUT2D eigenvalue weighted by atomic mass is 10.1. The molecule has 2 fully saturated rings. The predicted molar refractivity (Wildman–Crippen MR) is 149 cm³/mol. The first-order valence-electron chi connectivity index (χ1n) is 13.3. The first-order valence-corrected chi connectivity index (χ1v) is 13.3. The molecule has 2 aliphatic rings. The molecular weight excluding hydrogens is 561 g/mol. The van der Waals surface area contributed by atoms with Crippen molar-refractivity contribution in [2.45, 2.75) is 44.2 Å². The van der Waals surface area contributed by atoms with Gasteiger partial charge in [-0.1, -0.05) is 29.3 Å². The summed E-state index contributed by atoms with van der Waals surface area (Å²) in [4.78, 5) is 29.8. The Kier molecular flexibility index (Phi) is 7.78. The van der Waals surface area contributed by atoms with E-state index in [1.807, 2.05) is 19.9 Å². The van der Waals surface area contributed by atoms with Gasteiger partial charge in [0, 0.05) is 5.56 Å². The smallest absolute Gasteiger partial charge is 0.256 e. The number of pyridine rings is 1. The van der Waals surface area contributed by atoms with Gasteiger partial charge in [0.15, 0.2) is 34.8 Å². The van der Waals surface area contributed by atoms with E-state index >= 15 is 0 Å². The number of nitrogens with one attached hydrogen (secondary N) is 1. The van der Waals surface area contributed by atoms with Gasteiger partial charge in [-0.25, -0.2) is 24.3 Å². The fourth-order valence-corrected chi connectivity index (χ4v) is 4.94. The number of oxime groups is 1. The summed E-state index contributed by atoms with van der Waals surface area (Å²) in [5.41, 5.74) is 1.48. The maximum absolute atomic E-state index is 13.7. The summed E-state index contributed by atoms with van der Waals surface area (Å²) in [6.45, 7) is 3.83. The van der Waals surface area contributed by atoms with Crippen molar-refractivity contribution >= 4 is 29.1 Å². The Balaban J connectivity index is 1.16. The molecule has 14 heteroatoms. The molecule has 0 bridgehead atoms. The highest BCUT2D eigenvalue weighted by Gasteiger charge is 2.56. The van der Waals surface area contributed by atoms with Crippen LogP contribution in [0.3, 0.4) is 0 Å². The first-order chi connectivity index (χ1) is 20.8. The lowest BCUT2D eigenvalue weighted by molar-refractivity contribution is -0.201. The molecule has 0 radical (unpaired) electrons. The number of ether oxygens (including phenoxy) is 4. The van der Waals surface area contributed by atoms with Crippen LogP contribution in [0.1, 0.15) is 41.8 Å². The molecule has 5 heterocycles. The third-order valence-electron chi connectivity index (χ3n) is 6.75. The van der Waals surface area contributed by atoms with Crippen LogP contribution >= 0.6 is 0 Å². The highest BCUT2D eigenvalue weighted by molar-refractivity contribution is 6.06. The Morgan fingerprint density at radius 3 is 2.81 bits per heavy atom. The van der Waals surface area contributed by atoms with Crippen LogP contribution in [0.5, 0.6) is 0 Å². The van der Waals surface area contributed by atoms with E-state index in [1.165, 1.54) is 18.5 Å². The number of carbonyl (C=O) groups excluding carboxylic acids is 1. The van der Waals surface area contributed by atoms with E-state index < -0.39 is 36.1 Å². The molecule has 43 heavy (non-hydrogen) atoms. The molecule has 13 nitrogen and oxygen atoms in total. The minimum absolute atomic E-state index is 0.0420. The zero-order chi connectivity index (χ0) is 30.0. The number of amides is 1. The van der Waals surface area contributed by atoms with Crippen molar-refractivity contribution in [2.24, 2.45) is 5.16 Å². The summed E-state index contributed by atoms with van der Waals surface area (Å²) < 4.78 is 39.9. The van der Waals surface area contributed by atoms with Gasteiger partial charge in [0.25, 0.3) is 5.91 Å². The van der Waals surface area contributed by atoms with Gasteiger partial charge in [0.1, 0.15) is 42.6 Å². The summed E-state index contributed by atoms with van der Waals surface area (Å²) in [5, 5.41) is 14.2. The molecule has 6 rings (SSSR count). The maximum Gasteiger partial charge on any atom is 0.256 e. The van der Waals surface area contributed by atoms with Crippen molar-refractivity contribution < 1.29 is 33.3 Å². The molecule has 0 aliphatic carbocycles. The van der Waals surface area contributed by atoms with Gasteiger partial charge >= 0.3 is 0 Å². The zero-order valence-corrected chi connectivity index (χ0v) is 23.0. The average molecular weight is 588 g/mol. The maximum atomic E-state index is 13.7. The third-order valence-corrected chi connectivity index (χ3v) is 6.75. The van der Waals surface area contributed by atoms with Crippen LogP contribution in [0.4, 0.5) is 10.2 Å². The van der Waals surface area contributed by atoms with E-state index in [2.05, 4.69) is 42.2 Å². The quantitative estimate of drug-likeness (QED) is 0.108. The van der Waals surface area contributed by atoms with E-state index in [-0.39, 0.29) is 30.6 Å². The van der Waals surface area contributed by atoms with E-state index in [0.29, 0.717) is 22.4 Å². The van der Waals surface area contributed by atoms with Crippen LogP contribution in [-0.2, 0) is 18.9 Å². The van der Waals surface area contributed by atoms with Crippen LogP contribution in [0.25, 0.3) is 11.2 Å². The summed E-state index contributed by atoms with van der Waals surface area (Å²) in [7, 11) is 0. The molecule has 4 atom stereocenters. The molecule has 0 unspecified atom stereocenters. The lowest BCUT2D eigenvalue weighted by Crippen LogP contribution is -2.33. The number of halogens is 1. The molecule has 4 aromatic rings. The molecule has 1 amide bonds. The molecule has 220 valence electrons. The number of anilines is 1. The topological polar surface area (TPSA) is 155 Å². The zero-order valence-electron chi connectivity index (χ0n) is 23.0. The first kappa shape index (κ1) is 28.3. The van der Waals surface area contributed by atoms with Gasteiger partial charge in [-0.05, 0) is 44.0 Å². The van der Waals surface area contributed by atoms with Gasteiger partial charge in [-0.3, -0.25) is 9.36 Å². The van der Waals surface area contributed by atoms with Crippen LogP contribution < -0.4 is 5.32 Å². The highest BCUT2D eigenvalue weighted by atomic mass is 19.1. The van der Waals surface area contributed by atoms with Crippen LogP contribution in [0.15, 0.2) is 60.3 Å². The average Bonchev–Trinajstić information content (AvgIpc) is 3.66. The Morgan fingerprint density at radius 2 is 2.00 bits per heavy atom. The van der Waals surface area contributed by atoms with Crippen LogP contribution in [0.2, 0.25) is 0 Å². The number of carbonyl (C=O) groups is 1. The predicted octanol–water partition coefficient (Wildman–Crippen LogP) is 2.91. The molecule has 2 N–H and O–H groups in total. The minimum Gasteiger partial charge on any atom is -0.411 e. The molecule has 2 saturated heterocycles. The van der Waals surface area contributed by atoms with Crippen molar-refractivity contribution in [1.82, 2.24) is 24.5 Å². The second-order valence-corrected chi connectivity index (χ2v) is 10.1. The Hall–Kier alpha value is -4.81. The number of rotatable bonds is 7. The van der Waals surface area contributed by atoms with E-state index in [4.69, 9.17) is 24.2 Å². The summed E-state index contributed by atoms with van der Waals surface area (Å²) >= 11 is 0. The molecule has 0 saturated carbocycles. The Morgan fingerprint density at radius 1 is 1.19 bits per heavy atom. The van der Waals surface area contributed by atoms with Crippen molar-refractivity contribution in [1.29, 1.82) is 0 Å². The van der Waals surface area contributed by atoms with Crippen LogP contribution in [-0.4, -0.2) is 79.1 Å². The Labute approximate surface area is 244 Å². The van der Waals surface area contributed by atoms with E-state index in [1.54, 1.807) is 35.2 Å². The lowest BCUT2D eigenvalue weighted by Gasteiger charge is -2.24. The van der Waals surface area contributed by atoms with Crippen molar-refractivity contribution in [2.75, 3.05) is 18.5 Å². The summed E-state index contributed by atoms with van der Waals surface area (Å²) in [6.07, 6.45) is 1.68. The second kappa shape index (κ2) is 11.8. The number of fused-ring (bicyclic) bond motifs is 2. The van der Waals surface area contributed by atoms with Gasteiger partial charge < -0.3 is 29.5 Å². The minimum atomic E-state index is -0.862. The van der Waals surface area contributed by atoms with Crippen LogP contribution in [0, 0.1) is 17.7 Å². The molecule has 2 aliphatic heterocycles. The van der Waals surface area contributed by atoms with Crippen molar-refractivity contribution in [3.63, 3.8) is 0 Å². The molecule has 3 aromatic heterocycles. The number of nitrogens with zero attached hydrogens (tertiary/aromatic N) is 6. The normalized spacial score (nSPS) is 22.4. The van der Waals surface area contributed by atoms with E-state index in [0.717, 1.165) is 6.21 Å². The van der Waals surface area contributed by atoms with Gasteiger partial charge in [0.05, 0.1) is 19.1 Å². The number of benzene rings is 1. The molecular formula is C29H26FN7O6. The van der Waals surface area contributed by atoms with Crippen molar-refractivity contribution in [3.8, 4) is 11.8 Å². The van der Waals surface area contributed by atoms with E-state index in [9.17, 15) is 9.18 Å². The number of aromatic nitrogens is 5. The third kappa shape index (κ3) is 5.92. The fourth-order valence-electron chi connectivity index (χ4n) is 4.94. The highest BCUT2D eigenvalue weighted by Crippen LogP contribution is 2.44. The number of hydrogen-bond donors (Lipinski definition) is 2. The molecule has 1 aromatic carbocycles. The monoisotopic (exact) mass is 587 g/mol. The molecule has 0 spiro atoms. The number of hydrogen-bond acceptors (Lipinski definition) is 11. The van der Waals surface area contributed by atoms with Gasteiger partial charge in [0.2, 0.25) is 0 Å². The summed E-state index contributed by atoms with van der Waals surface area (Å²) in [6, 6.07) is 11.4. The summed E-state index contributed by atoms with van der Waals surface area (Å²) in [5.74, 6) is 4.06. The fraction of sp³-hybridized carbons (Fsp3) is 0.310. The number of imidazole rings is 1.